The van der Waals surface area contributed by atoms with Crippen molar-refractivity contribution < 1.29 is 13.5 Å². The standard InChI is InChI=1S/C17H19F2NO/c18-15-6-8-17(9-7-15)21-10-2-4-14(12-20)13-3-1-5-16(19)11-13/h1,3,5-9,11,14H,2,4,10,12,20H2. The van der Waals surface area contributed by atoms with E-state index < -0.39 is 0 Å². The van der Waals surface area contributed by atoms with E-state index in [0.717, 1.165) is 18.4 Å². The van der Waals surface area contributed by atoms with Gasteiger partial charge >= 0.3 is 0 Å². The van der Waals surface area contributed by atoms with Gasteiger partial charge in [0.25, 0.3) is 0 Å². The van der Waals surface area contributed by atoms with Gasteiger partial charge in [-0.25, -0.2) is 8.78 Å². The summed E-state index contributed by atoms with van der Waals surface area (Å²) in [5.41, 5.74) is 6.68. The maximum atomic E-state index is 13.2. The molecule has 0 heterocycles. The molecule has 0 saturated carbocycles. The topological polar surface area (TPSA) is 35.2 Å². The Bertz CT molecular complexity index is 557. The molecule has 0 spiro atoms. The predicted molar refractivity (Wildman–Crippen MR) is 79.3 cm³/mol. The molecule has 0 saturated heterocycles. The van der Waals surface area contributed by atoms with Crippen LogP contribution < -0.4 is 10.5 Å². The van der Waals surface area contributed by atoms with Crippen molar-refractivity contribution in [3.63, 3.8) is 0 Å². The zero-order chi connectivity index (χ0) is 15.1. The minimum absolute atomic E-state index is 0.123. The van der Waals surface area contributed by atoms with E-state index in [1.807, 2.05) is 6.07 Å². The lowest BCUT2D eigenvalue weighted by Gasteiger charge is -2.15. The number of halogens is 2. The van der Waals surface area contributed by atoms with E-state index >= 15 is 0 Å². The van der Waals surface area contributed by atoms with Gasteiger partial charge in [-0.05, 0) is 67.3 Å². The molecule has 4 heteroatoms. The molecule has 0 aliphatic rings. The van der Waals surface area contributed by atoms with E-state index in [-0.39, 0.29) is 17.6 Å². The SMILES string of the molecule is NCC(CCCOc1ccc(F)cc1)c1cccc(F)c1. The third kappa shape index (κ3) is 4.83. The van der Waals surface area contributed by atoms with Gasteiger partial charge in [0.1, 0.15) is 17.4 Å². The van der Waals surface area contributed by atoms with Crippen molar-refractivity contribution in [3.05, 3.63) is 65.7 Å². The van der Waals surface area contributed by atoms with Crippen LogP contribution >= 0.6 is 0 Å². The lowest BCUT2D eigenvalue weighted by Crippen LogP contribution is -2.14. The smallest absolute Gasteiger partial charge is 0.123 e. The summed E-state index contributed by atoms with van der Waals surface area (Å²) in [4.78, 5) is 0. The van der Waals surface area contributed by atoms with Crippen LogP contribution in [0.25, 0.3) is 0 Å². The van der Waals surface area contributed by atoms with Gasteiger partial charge in [0.15, 0.2) is 0 Å². The van der Waals surface area contributed by atoms with Crippen LogP contribution in [0, 0.1) is 11.6 Å². The molecular formula is C17H19F2NO. The van der Waals surface area contributed by atoms with Crippen LogP contribution in [0.4, 0.5) is 8.78 Å². The fourth-order valence-electron chi connectivity index (χ4n) is 2.23. The lowest BCUT2D eigenvalue weighted by atomic mass is 9.94. The minimum atomic E-state index is -0.281. The molecule has 0 bridgehead atoms. The number of hydrogen-bond acceptors (Lipinski definition) is 2. The molecule has 0 amide bonds. The van der Waals surface area contributed by atoms with E-state index in [4.69, 9.17) is 10.5 Å². The summed E-state index contributed by atoms with van der Waals surface area (Å²) in [7, 11) is 0. The Balaban J connectivity index is 1.80. The molecule has 2 rings (SSSR count). The third-order valence-electron chi connectivity index (χ3n) is 3.38. The van der Waals surface area contributed by atoms with Crippen molar-refractivity contribution in [1.82, 2.24) is 0 Å². The highest BCUT2D eigenvalue weighted by Crippen LogP contribution is 2.21. The fraction of sp³-hybridized carbons (Fsp3) is 0.294. The first kappa shape index (κ1) is 15.4. The second kappa shape index (κ2) is 7.74. The highest BCUT2D eigenvalue weighted by molar-refractivity contribution is 5.22. The number of benzene rings is 2. The first-order valence-corrected chi connectivity index (χ1v) is 7.03. The first-order chi connectivity index (χ1) is 10.2. The molecule has 0 aromatic heterocycles. The van der Waals surface area contributed by atoms with Crippen molar-refractivity contribution in [3.8, 4) is 5.75 Å². The molecule has 0 aliphatic carbocycles. The summed E-state index contributed by atoms with van der Waals surface area (Å²) < 4.78 is 31.5. The molecule has 2 aromatic rings. The molecule has 2 aromatic carbocycles. The summed E-state index contributed by atoms with van der Waals surface area (Å²) in [6.45, 7) is 0.997. The molecule has 21 heavy (non-hydrogen) atoms. The summed E-state index contributed by atoms with van der Waals surface area (Å²) in [6, 6.07) is 12.5. The number of nitrogens with two attached hydrogens (primary N) is 1. The van der Waals surface area contributed by atoms with Crippen LogP contribution in [0.2, 0.25) is 0 Å². The van der Waals surface area contributed by atoms with Crippen LogP contribution in [0.1, 0.15) is 24.3 Å². The van der Waals surface area contributed by atoms with Crippen LogP contribution in [-0.2, 0) is 0 Å². The zero-order valence-electron chi connectivity index (χ0n) is 11.8. The second-order valence-corrected chi connectivity index (χ2v) is 4.93. The van der Waals surface area contributed by atoms with E-state index in [1.54, 1.807) is 18.2 Å². The third-order valence-corrected chi connectivity index (χ3v) is 3.38. The molecule has 112 valence electrons. The van der Waals surface area contributed by atoms with E-state index in [9.17, 15) is 8.78 Å². The average Bonchev–Trinajstić information content (AvgIpc) is 2.49. The van der Waals surface area contributed by atoms with Gasteiger partial charge < -0.3 is 10.5 Å². The monoisotopic (exact) mass is 291 g/mol. The van der Waals surface area contributed by atoms with Gasteiger partial charge in [-0.3, -0.25) is 0 Å². The largest absolute Gasteiger partial charge is 0.494 e. The van der Waals surface area contributed by atoms with E-state index in [1.165, 1.54) is 24.3 Å². The van der Waals surface area contributed by atoms with Crippen molar-refractivity contribution in [2.24, 2.45) is 5.73 Å². The fourth-order valence-corrected chi connectivity index (χ4v) is 2.23. The number of hydrogen-bond donors (Lipinski definition) is 1. The molecule has 1 unspecified atom stereocenters. The summed E-state index contributed by atoms with van der Waals surface area (Å²) >= 11 is 0. The normalized spacial score (nSPS) is 12.1. The molecule has 1 atom stereocenters. The van der Waals surface area contributed by atoms with Gasteiger partial charge in [0, 0.05) is 0 Å². The Morgan fingerprint density at radius 2 is 1.76 bits per heavy atom. The van der Waals surface area contributed by atoms with Gasteiger partial charge in [-0.1, -0.05) is 12.1 Å². The zero-order valence-corrected chi connectivity index (χ0v) is 11.8. The highest BCUT2D eigenvalue weighted by atomic mass is 19.1. The Morgan fingerprint density at radius 1 is 1.00 bits per heavy atom. The minimum Gasteiger partial charge on any atom is -0.494 e. The van der Waals surface area contributed by atoms with E-state index in [0.29, 0.717) is 18.9 Å². The maximum Gasteiger partial charge on any atom is 0.123 e. The molecule has 0 aliphatic heterocycles. The van der Waals surface area contributed by atoms with Gasteiger partial charge in [0.2, 0.25) is 0 Å². The number of ether oxygens (including phenoxy) is 1. The Kier molecular flexibility index (Phi) is 5.69. The molecular weight excluding hydrogens is 272 g/mol. The quantitative estimate of drug-likeness (QED) is 0.786. The molecule has 2 nitrogen and oxygen atoms in total. The average molecular weight is 291 g/mol. The Hall–Kier alpha value is -1.94. The molecule has 0 radical (unpaired) electrons. The van der Waals surface area contributed by atoms with Crippen LogP contribution in [-0.4, -0.2) is 13.2 Å². The Labute approximate surface area is 123 Å². The van der Waals surface area contributed by atoms with Crippen molar-refractivity contribution in [1.29, 1.82) is 0 Å². The van der Waals surface area contributed by atoms with Crippen LogP contribution in [0.15, 0.2) is 48.5 Å². The maximum absolute atomic E-state index is 13.2. The van der Waals surface area contributed by atoms with Crippen molar-refractivity contribution in [2.45, 2.75) is 18.8 Å². The van der Waals surface area contributed by atoms with Crippen molar-refractivity contribution in [2.75, 3.05) is 13.2 Å². The predicted octanol–water partition coefficient (Wildman–Crippen LogP) is 3.87. The second-order valence-electron chi connectivity index (χ2n) is 4.93. The highest BCUT2D eigenvalue weighted by Gasteiger charge is 2.10. The summed E-state index contributed by atoms with van der Waals surface area (Å²) in [6.07, 6.45) is 1.62. The first-order valence-electron chi connectivity index (χ1n) is 7.03. The Morgan fingerprint density at radius 3 is 2.43 bits per heavy atom. The number of rotatable bonds is 7. The van der Waals surface area contributed by atoms with Crippen LogP contribution in [0.5, 0.6) is 5.75 Å². The lowest BCUT2D eigenvalue weighted by molar-refractivity contribution is 0.301. The van der Waals surface area contributed by atoms with Crippen molar-refractivity contribution >= 4 is 0 Å². The molecule has 2 N–H and O–H groups in total. The van der Waals surface area contributed by atoms with Crippen LogP contribution in [0.3, 0.4) is 0 Å². The van der Waals surface area contributed by atoms with E-state index in [2.05, 4.69) is 0 Å². The summed E-state index contributed by atoms with van der Waals surface area (Å²) in [5, 5.41) is 0. The summed E-state index contributed by atoms with van der Waals surface area (Å²) in [5.74, 6) is 0.245. The van der Waals surface area contributed by atoms with Gasteiger partial charge in [0.05, 0.1) is 6.61 Å². The molecule has 0 fully saturated rings. The van der Waals surface area contributed by atoms with Gasteiger partial charge in [-0.15, -0.1) is 0 Å². The van der Waals surface area contributed by atoms with Gasteiger partial charge in [-0.2, -0.15) is 0 Å².